The summed E-state index contributed by atoms with van der Waals surface area (Å²) in [6, 6.07) is 14.0. The van der Waals surface area contributed by atoms with E-state index in [1.165, 1.54) is 61.7 Å². The van der Waals surface area contributed by atoms with E-state index in [0.29, 0.717) is 25.3 Å². The molecule has 7 nitrogen and oxygen atoms in total. The molecule has 1 unspecified atom stereocenters. The van der Waals surface area contributed by atoms with Crippen LogP contribution < -0.4 is 5.32 Å². The fraction of sp³-hybridized carbons (Fsp3) is 0.588. The van der Waals surface area contributed by atoms with Crippen molar-refractivity contribution in [1.82, 2.24) is 4.31 Å². The number of para-hydroxylation sites is 2. The van der Waals surface area contributed by atoms with Gasteiger partial charge in [-0.15, -0.1) is 23.4 Å². The lowest BCUT2D eigenvalue weighted by molar-refractivity contribution is -0.114. The second kappa shape index (κ2) is 18.2. The number of sulfonamides is 1. The van der Waals surface area contributed by atoms with Crippen LogP contribution in [0.4, 0.5) is 11.4 Å². The van der Waals surface area contributed by atoms with Crippen molar-refractivity contribution in [3.63, 3.8) is 0 Å². The number of thioether (sulfide) groups is 1. The Morgan fingerprint density at radius 3 is 2.18 bits per heavy atom. The number of hydrogen-bond donors (Lipinski definition) is 1. The van der Waals surface area contributed by atoms with Crippen LogP contribution in [-0.4, -0.2) is 54.3 Å². The number of alkyl halides is 1. The van der Waals surface area contributed by atoms with Gasteiger partial charge in [0.2, 0.25) is 5.91 Å². The van der Waals surface area contributed by atoms with Crippen molar-refractivity contribution in [2.45, 2.75) is 118 Å². The molecule has 2 aromatic carbocycles. The summed E-state index contributed by atoms with van der Waals surface area (Å²) in [6.07, 6.45) is 13.1. The van der Waals surface area contributed by atoms with Crippen LogP contribution in [0, 0.1) is 0 Å². The van der Waals surface area contributed by atoms with Gasteiger partial charge in [-0.2, -0.15) is 0 Å². The number of benzene rings is 2. The van der Waals surface area contributed by atoms with Crippen molar-refractivity contribution in [3.05, 3.63) is 48.5 Å². The molecule has 1 aliphatic rings. The Kier molecular flexibility index (Phi) is 15.0. The van der Waals surface area contributed by atoms with E-state index in [9.17, 15) is 13.2 Å². The van der Waals surface area contributed by atoms with Crippen molar-refractivity contribution in [2.75, 3.05) is 25.1 Å². The monoisotopic (exact) mass is 663 g/mol. The minimum Gasteiger partial charge on any atom is -0.381 e. The lowest BCUT2D eigenvalue weighted by atomic mass is 10.1. The number of hydrogen-bond acceptors (Lipinski definition) is 6. The van der Waals surface area contributed by atoms with Gasteiger partial charge in [-0.05, 0) is 37.1 Å². The number of ether oxygens (including phenoxy) is 1. The second-order valence-corrected chi connectivity index (χ2v) is 16.4. The predicted octanol–water partition coefficient (Wildman–Crippen LogP) is 9.19. The van der Waals surface area contributed by atoms with E-state index in [1.54, 1.807) is 30.0 Å². The molecule has 0 radical (unpaired) electrons. The van der Waals surface area contributed by atoms with E-state index < -0.39 is 21.3 Å². The van der Waals surface area contributed by atoms with E-state index in [4.69, 9.17) is 16.3 Å². The van der Waals surface area contributed by atoms with Crippen LogP contribution in [0.2, 0.25) is 0 Å². The SMILES string of the molecule is CCCCCCCCCCCCOCCCN1C(C(Cl)C(=O)Nc2ccccc2SC(C)(C)C)=Nc2ccccc2S1(=O)=O. The molecule has 0 saturated heterocycles. The van der Waals surface area contributed by atoms with Gasteiger partial charge in [0.25, 0.3) is 10.0 Å². The van der Waals surface area contributed by atoms with E-state index in [1.807, 2.05) is 24.3 Å². The molecule has 0 aromatic heterocycles. The average molecular weight is 664 g/mol. The molecule has 0 saturated carbocycles. The molecule has 2 aromatic rings. The Bertz CT molecular complexity index is 1330. The van der Waals surface area contributed by atoms with Gasteiger partial charge < -0.3 is 10.1 Å². The van der Waals surface area contributed by atoms with Crippen LogP contribution in [0.3, 0.4) is 0 Å². The number of carbonyl (C=O) groups excluding carboxylic acids is 1. The summed E-state index contributed by atoms with van der Waals surface area (Å²) in [5.74, 6) is -0.539. The quantitative estimate of drug-likeness (QED) is 0.0920. The van der Waals surface area contributed by atoms with Crippen molar-refractivity contribution >= 4 is 56.5 Å². The molecule has 1 amide bonds. The summed E-state index contributed by atoms with van der Waals surface area (Å²) in [7, 11) is -3.96. The highest BCUT2D eigenvalue weighted by molar-refractivity contribution is 8.00. The summed E-state index contributed by atoms with van der Waals surface area (Å²) in [5, 5.41) is 1.58. The number of amidine groups is 1. The highest BCUT2D eigenvalue weighted by atomic mass is 35.5. The number of amides is 1. The Morgan fingerprint density at radius 2 is 1.50 bits per heavy atom. The Hall–Kier alpha value is -2.07. The normalized spacial score (nSPS) is 15.0. The molecule has 1 aliphatic heterocycles. The van der Waals surface area contributed by atoms with Gasteiger partial charge in [0.15, 0.2) is 5.38 Å². The Labute approximate surface area is 274 Å². The molecule has 1 N–H and O–H groups in total. The van der Waals surface area contributed by atoms with E-state index in [0.717, 1.165) is 17.7 Å². The van der Waals surface area contributed by atoms with E-state index in [-0.39, 0.29) is 27.7 Å². The molecule has 1 atom stereocenters. The summed E-state index contributed by atoms with van der Waals surface area (Å²) >= 11 is 8.34. The van der Waals surface area contributed by atoms with Crippen LogP contribution in [0.25, 0.3) is 0 Å². The summed E-state index contributed by atoms with van der Waals surface area (Å²) in [6.45, 7) is 9.71. The molecule has 0 aliphatic carbocycles. The van der Waals surface area contributed by atoms with Crippen molar-refractivity contribution in [2.24, 2.45) is 4.99 Å². The topological polar surface area (TPSA) is 88.1 Å². The van der Waals surface area contributed by atoms with Gasteiger partial charge in [-0.3, -0.25) is 9.10 Å². The first-order valence-corrected chi connectivity index (χ1v) is 18.7. The minimum atomic E-state index is -3.96. The standard InChI is InChI=1S/C34H50ClN3O4S2/c1-5-6-7-8-9-10-11-12-13-18-25-42-26-19-24-38-32(36-28-21-15-17-23-30(28)44(38,40)41)31(35)33(39)37-27-20-14-16-22-29(27)43-34(2,3)4/h14-17,20-23,31H,5-13,18-19,24-26H2,1-4H3,(H,37,39). The molecular formula is C34H50ClN3O4S2. The zero-order chi connectivity index (χ0) is 32.0. The molecule has 0 bridgehead atoms. The number of nitrogens with one attached hydrogen (secondary N) is 1. The largest absolute Gasteiger partial charge is 0.381 e. The Balaban J connectivity index is 1.56. The zero-order valence-electron chi connectivity index (χ0n) is 26.8. The van der Waals surface area contributed by atoms with Crippen molar-refractivity contribution < 1.29 is 17.9 Å². The van der Waals surface area contributed by atoms with Crippen LogP contribution in [0.1, 0.15) is 98.3 Å². The maximum Gasteiger partial charge on any atom is 0.267 e. The van der Waals surface area contributed by atoms with Crippen LogP contribution in [-0.2, 0) is 19.6 Å². The summed E-state index contributed by atoms with van der Waals surface area (Å²) in [5.41, 5.74) is 0.896. The minimum absolute atomic E-state index is 0.00137. The maximum absolute atomic E-state index is 13.7. The van der Waals surface area contributed by atoms with Crippen LogP contribution in [0.15, 0.2) is 63.3 Å². The summed E-state index contributed by atoms with van der Waals surface area (Å²) in [4.78, 5) is 19.0. The molecule has 1 heterocycles. The van der Waals surface area contributed by atoms with Gasteiger partial charge in [-0.25, -0.2) is 13.4 Å². The lowest BCUT2D eigenvalue weighted by Crippen LogP contribution is -2.47. The van der Waals surface area contributed by atoms with Gasteiger partial charge in [-0.1, -0.05) is 110 Å². The highest BCUT2D eigenvalue weighted by Gasteiger charge is 2.39. The van der Waals surface area contributed by atoms with Gasteiger partial charge >= 0.3 is 0 Å². The van der Waals surface area contributed by atoms with Crippen molar-refractivity contribution in [3.8, 4) is 0 Å². The molecule has 3 rings (SSSR count). The number of rotatable bonds is 19. The van der Waals surface area contributed by atoms with Gasteiger partial charge in [0.05, 0.1) is 11.4 Å². The smallest absolute Gasteiger partial charge is 0.267 e. The van der Waals surface area contributed by atoms with Gasteiger partial charge in [0.1, 0.15) is 10.7 Å². The zero-order valence-corrected chi connectivity index (χ0v) is 29.2. The molecule has 244 valence electrons. The first kappa shape index (κ1) is 36.4. The number of carbonyl (C=O) groups is 1. The van der Waals surface area contributed by atoms with E-state index >= 15 is 0 Å². The number of aliphatic imine (C=N–C) groups is 1. The number of unbranched alkanes of at least 4 members (excludes halogenated alkanes) is 9. The number of nitrogens with zero attached hydrogens (tertiary/aromatic N) is 2. The van der Waals surface area contributed by atoms with E-state index in [2.05, 4.69) is 38.0 Å². The maximum atomic E-state index is 13.7. The fourth-order valence-electron chi connectivity index (χ4n) is 5.01. The third-order valence-corrected chi connectivity index (χ3v) is 10.7. The predicted molar refractivity (Wildman–Crippen MR) is 185 cm³/mol. The van der Waals surface area contributed by atoms with Crippen LogP contribution in [0.5, 0.6) is 0 Å². The Morgan fingerprint density at radius 1 is 0.909 bits per heavy atom. The molecule has 0 spiro atoms. The van der Waals surface area contributed by atoms with Gasteiger partial charge in [0, 0.05) is 29.4 Å². The highest BCUT2D eigenvalue weighted by Crippen LogP contribution is 2.37. The molecule has 44 heavy (non-hydrogen) atoms. The number of fused-ring (bicyclic) bond motifs is 1. The first-order valence-electron chi connectivity index (χ1n) is 16.1. The third-order valence-electron chi connectivity index (χ3n) is 7.23. The second-order valence-electron chi connectivity index (χ2n) is 12.2. The first-order chi connectivity index (χ1) is 21.0. The summed E-state index contributed by atoms with van der Waals surface area (Å²) < 4.78 is 34.3. The number of anilines is 1. The molecular weight excluding hydrogens is 614 g/mol. The third kappa shape index (κ3) is 11.4. The lowest BCUT2D eigenvalue weighted by Gasteiger charge is -2.31. The number of halogens is 1. The molecule has 0 fully saturated rings. The van der Waals surface area contributed by atoms with Crippen LogP contribution >= 0.6 is 23.4 Å². The van der Waals surface area contributed by atoms with Crippen molar-refractivity contribution in [1.29, 1.82) is 0 Å². The fourth-order valence-corrected chi connectivity index (χ4v) is 7.95. The molecule has 10 heteroatoms. The average Bonchev–Trinajstić information content (AvgIpc) is 2.98.